The number of fused-ring (bicyclic) bond motifs is 3. The maximum absolute atomic E-state index is 11.9. The number of ether oxygens (including phenoxy) is 2. The van der Waals surface area contributed by atoms with Crippen molar-refractivity contribution in [3.8, 4) is 0 Å². The van der Waals surface area contributed by atoms with Gasteiger partial charge in [-0.05, 0) is 24.3 Å². The van der Waals surface area contributed by atoms with Gasteiger partial charge in [0.15, 0.2) is 0 Å². The third-order valence-corrected chi connectivity index (χ3v) is 5.01. The minimum Gasteiger partial charge on any atom is -0.459 e. The van der Waals surface area contributed by atoms with Crippen molar-refractivity contribution in [2.75, 3.05) is 13.2 Å². The number of hydrogen-bond acceptors (Lipinski definition) is 4. The first-order chi connectivity index (χ1) is 10.8. The van der Waals surface area contributed by atoms with Gasteiger partial charge in [0.2, 0.25) is 0 Å². The van der Waals surface area contributed by atoms with Gasteiger partial charge >= 0.3 is 5.97 Å². The molecule has 0 radical (unpaired) electrons. The molecule has 1 saturated carbocycles. The molecule has 1 N–H and O–H groups in total. The van der Waals surface area contributed by atoms with Crippen molar-refractivity contribution >= 4 is 5.97 Å². The lowest BCUT2D eigenvalue weighted by Gasteiger charge is -2.47. The van der Waals surface area contributed by atoms with E-state index in [0.717, 1.165) is 24.4 Å². The van der Waals surface area contributed by atoms with E-state index in [1.807, 2.05) is 30.3 Å². The molecule has 3 aliphatic rings. The van der Waals surface area contributed by atoms with E-state index in [0.29, 0.717) is 18.6 Å². The number of rotatable bonds is 6. The van der Waals surface area contributed by atoms with E-state index in [-0.39, 0.29) is 18.7 Å². The summed E-state index contributed by atoms with van der Waals surface area (Å²) in [6.07, 6.45) is 3.67. The van der Waals surface area contributed by atoms with Crippen molar-refractivity contribution in [1.29, 1.82) is 0 Å². The number of benzene rings is 1. The van der Waals surface area contributed by atoms with Gasteiger partial charge in [0.05, 0.1) is 6.10 Å². The molecule has 4 nitrogen and oxygen atoms in total. The van der Waals surface area contributed by atoms with E-state index in [2.05, 4.69) is 12.2 Å². The standard InChI is InChI=1S/C18H25NO3/c1-2-14-8-15-9-17(16(14)10-19-15)21-12-18(20)22-11-13-6-4-3-5-7-13/h3-7,14-17,19H,2,8-12H2,1H3/t14?,15?,16-,17+/m1/s1. The zero-order valence-corrected chi connectivity index (χ0v) is 13.2. The minimum absolute atomic E-state index is 0.0666. The molecular formula is C18H25NO3. The molecule has 1 aromatic carbocycles. The number of hydrogen-bond donors (Lipinski definition) is 1. The molecule has 0 amide bonds. The van der Waals surface area contributed by atoms with Gasteiger partial charge in [-0.1, -0.05) is 43.7 Å². The first-order valence-corrected chi connectivity index (χ1v) is 8.30. The molecule has 2 unspecified atom stereocenters. The fraction of sp³-hybridized carbons (Fsp3) is 0.611. The summed E-state index contributed by atoms with van der Waals surface area (Å²) < 4.78 is 11.2. The molecular weight excluding hydrogens is 278 g/mol. The van der Waals surface area contributed by atoms with Gasteiger partial charge in [0.1, 0.15) is 13.2 Å². The SMILES string of the molecule is CCC1CC2C[C@H](OCC(=O)OCc3ccccc3)[C@@H]1CN2. The number of carbonyl (C=O) groups excluding carboxylic acids is 1. The molecule has 4 rings (SSSR count). The van der Waals surface area contributed by atoms with Crippen LogP contribution in [-0.4, -0.2) is 31.3 Å². The monoisotopic (exact) mass is 303 g/mol. The molecule has 1 aliphatic carbocycles. The van der Waals surface area contributed by atoms with E-state index < -0.39 is 0 Å². The molecule has 3 fully saturated rings. The van der Waals surface area contributed by atoms with Crippen molar-refractivity contribution in [2.24, 2.45) is 11.8 Å². The van der Waals surface area contributed by atoms with Crippen molar-refractivity contribution in [1.82, 2.24) is 5.32 Å². The summed E-state index contributed by atoms with van der Waals surface area (Å²) in [5.41, 5.74) is 1.00. The number of carbonyl (C=O) groups is 1. The van der Waals surface area contributed by atoms with Crippen LogP contribution in [0.3, 0.4) is 0 Å². The molecule has 120 valence electrons. The van der Waals surface area contributed by atoms with Gasteiger partial charge in [-0.2, -0.15) is 0 Å². The normalized spacial score (nSPS) is 30.2. The summed E-state index contributed by atoms with van der Waals surface area (Å²) in [6, 6.07) is 10.3. The Labute approximate surface area is 132 Å². The van der Waals surface area contributed by atoms with Crippen LogP contribution in [-0.2, 0) is 20.9 Å². The van der Waals surface area contributed by atoms with Gasteiger partial charge in [-0.3, -0.25) is 0 Å². The maximum Gasteiger partial charge on any atom is 0.332 e. The lowest BCUT2D eigenvalue weighted by Crippen LogP contribution is -2.56. The highest BCUT2D eigenvalue weighted by Crippen LogP contribution is 2.37. The highest BCUT2D eigenvalue weighted by atomic mass is 16.6. The predicted molar refractivity (Wildman–Crippen MR) is 84.3 cm³/mol. The molecule has 2 heterocycles. The molecule has 4 atom stereocenters. The third-order valence-electron chi connectivity index (χ3n) is 5.01. The molecule has 22 heavy (non-hydrogen) atoms. The van der Waals surface area contributed by atoms with Crippen LogP contribution < -0.4 is 5.32 Å². The number of esters is 1. The Morgan fingerprint density at radius 2 is 2.09 bits per heavy atom. The van der Waals surface area contributed by atoms with Crippen molar-refractivity contribution < 1.29 is 14.3 Å². The van der Waals surface area contributed by atoms with Gasteiger partial charge in [-0.25, -0.2) is 4.79 Å². The average Bonchev–Trinajstić information content (AvgIpc) is 2.59. The fourth-order valence-corrected chi connectivity index (χ4v) is 3.78. The smallest absolute Gasteiger partial charge is 0.332 e. The number of piperidine rings is 2. The Morgan fingerprint density at radius 3 is 2.82 bits per heavy atom. The Balaban J connectivity index is 1.43. The highest BCUT2D eigenvalue weighted by molar-refractivity contribution is 5.70. The Hall–Kier alpha value is -1.39. The van der Waals surface area contributed by atoms with Crippen molar-refractivity contribution in [3.63, 3.8) is 0 Å². The molecule has 2 aliphatic heterocycles. The summed E-state index contributed by atoms with van der Waals surface area (Å²) in [5, 5.41) is 3.55. The van der Waals surface area contributed by atoms with Gasteiger partial charge < -0.3 is 14.8 Å². The molecule has 2 bridgehead atoms. The Morgan fingerprint density at radius 1 is 1.27 bits per heavy atom. The molecule has 1 aromatic rings. The molecule has 4 heteroatoms. The third kappa shape index (κ3) is 3.68. The summed E-state index contributed by atoms with van der Waals surface area (Å²) in [4.78, 5) is 11.9. The average molecular weight is 303 g/mol. The van der Waals surface area contributed by atoms with Crippen LogP contribution in [0.15, 0.2) is 30.3 Å². The van der Waals surface area contributed by atoms with Crippen LogP contribution in [0.25, 0.3) is 0 Å². The second-order valence-electron chi connectivity index (χ2n) is 6.40. The van der Waals surface area contributed by atoms with E-state index in [4.69, 9.17) is 9.47 Å². The Kier molecular flexibility index (Phi) is 5.11. The maximum atomic E-state index is 11.9. The Bertz CT molecular complexity index is 490. The van der Waals surface area contributed by atoms with Crippen LogP contribution in [0.1, 0.15) is 31.7 Å². The van der Waals surface area contributed by atoms with Crippen LogP contribution >= 0.6 is 0 Å². The fourth-order valence-electron chi connectivity index (χ4n) is 3.78. The highest BCUT2D eigenvalue weighted by Gasteiger charge is 2.41. The summed E-state index contributed by atoms with van der Waals surface area (Å²) in [7, 11) is 0. The second-order valence-corrected chi connectivity index (χ2v) is 6.40. The minimum atomic E-state index is -0.272. The summed E-state index contributed by atoms with van der Waals surface area (Å²) in [5.74, 6) is 0.994. The van der Waals surface area contributed by atoms with Gasteiger partial charge in [0.25, 0.3) is 0 Å². The number of nitrogens with one attached hydrogen (secondary N) is 1. The first kappa shape index (κ1) is 15.5. The molecule has 0 spiro atoms. The lowest BCUT2D eigenvalue weighted by molar-refractivity contribution is -0.157. The van der Waals surface area contributed by atoms with Crippen LogP contribution in [0.4, 0.5) is 0 Å². The van der Waals surface area contributed by atoms with Crippen LogP contribution in [0, 0.1) is 11.8 Å². The second kappa shape index (κ2) is 7.25. The predicted octanol–water partition coefficient (Wildman–Crippen LogP) is 2.52. The zero-order chi connectivity index (χ0) is 15.4. The first-order valence-electron chi connectivity index (χ1n) is 8.30. The van der Waals surface area contributed by atoms with E-state index >= 15 is 0 Å². The summed E-state index contributed by atoms with van der Waals surface area (Å²) in [6.45, 7) is 3.65. The van der Waals surface area contributed by atoms with Crippen LogP contribution in [0.2, 0.25) is 0 Å². The molecule has 2 saturated heterocycles. The quantitative estimate of drug-likeness (QED) is 0.820. The summed E-state index contributed by atoms with van der Waals surface area (Å²) >= 11 is 0. The van der Waals surface area contributed by atoms with E-state index in [1.165, 1.54) is 12.8 Å². The van der Waals surface area contributed by atoms with E-state index in [9.17, 15) is 4.79 Å². The zero-order valence-electron chi connectivity index (χ0n) is 13.2. The van der Waals surface area contributed by atoms with Crippen LogP contribution in [0.5, 0.6) is 0 Å². The van der Waals surface area contributed by atoms with Gasteiger partial charge in [0, 0.05) is 18.5 Å². The van der Waals surface area contributed by atoms with E-state index in [1.54, 1.807) is 0 Å². The van der Waals surface area contributed by atoms with Crippen molar-refractivity contribution in [2.45, 2.75) is 44.9 Å². The topological polar surface area (TPSA) is 47.6 Å². The largest absolute Gasteiger partial charge is 0.459 e. The molecule has 0 aromatic heterocycles. The van der Waals surface area contributed by atoms with Crippen molar-refractivity contribution in [3.05, 3.63) is 35.9 Å². The van der Waals surface area contributed by atoms with Gasteiger partial charge in [-0.15, -0.1) is 0 Å². The lowest BCUT2D eigenvalue weighted by atomic mass is 9.70.